The van der Waals surface area contributed by atoms with Crippen LogP contribution in [0.3, 0.4) is 0 Å². The van der Waals surface area contributed by atoms with Crippen molar-refractivity contribution in [3.05, 3.63) is 73.1 Å². The molecule has 0 radical (unpaired) electrons. The Morgan fingerprint density at radius 1 is 1.00 bits per heavy atom. The first-order chi connectivity index (χ1) is 16.6. The van der Waals surface area contributed by atoms with E-state index in [0.717, 1.165) is 33.4 Å². The predicted molar refractivity (Wildman–Crippen MR) is 127 cm³/mol. The molecule has 6 rings (SSSR count). The lowest BCUT2D eigenvalue weighted by Crippen LogP contribution is -1.98. The summed E-state index contributed by atoms with van der Waals surface area (Å²) >= 11 is 0. The van der Waals surface area contributed by atoms with Gasteiger partial charge >= 0.3 is 0 Å². The van der Waals surface area contributed by atoms with E-state index in [2.05, 4.69) is 40.7 Å². The SMILES string of the molecule is Cc1cc(Nc2ncnc3ccc(-c4cc(N)n[nH]4)cc23)ccc1Oc1cc2nncn2cn1. The van der Waals surface area contributed by atoms with Gasteiger partial charge in [0.15, 0.2) is 5.65 Å². The number of aromatic amines is 1. The van der Waals surface area contributed by atoms with Gasteiger partial charge in [-0.3, -0.25) is 9.50 Å². The summed E-state index contributed by atoms with van der Waals surface area (Å²) < 4.78 is 7.68. The first kappa shape index (κ1) is 19.6. The summed E-state index contributed by atoms with van der Waals surface area (Å²) in [6.45, 7) is 1.97. The number of anilines is 3. The molecule has 0 amide bonds. The van der Waals surface area contributed by atoms with E-state index in [9.17, 15) is 0 Å². The minimum Gasteiger partial charge on any atom is -0.439 e. The second kappa shape index (κ2) is 7.81. The molecule has 0 bridgehead atoms. The van der Waals surface area contributed by atoms with Crippen molar-refractivity contribution in [3.63, 3.8) is 0 Å². The summed E-state index contributed by atoms with van der Waals surface area (Å²) in [5, 5.41) is 19.1. The van der Waals surface area contributed by atoms with Gasteiger partial charge in [0.1, 0.15) is 36.4 Å². The van der Waals surface area contributed by atoms with Crippen molar-refractivity contribution in [1.29, 1.82) is 0 Å². The van der Waals surface area contributed by atoms with Crippen molar-refractivity contribution in [3.8, 4) is 22.9 Å². The Labute approximate surface area is 192 Å². The number of H-pyrrole nitrogens is 1. The molecular weight excluding hydrogens is 432 g/mol. The molecule has 0 aliphatic heterocycles. The molecule has 4 N–H and O–H groups in total. The molecule has 0 aliphatic rings. The fourth-order valence-electron chi connectivity index (χ4n) is 3.67. The highest BCUT2D eigenvalue weighted by atomic mass is 16.5. The topological polar surface area (TPSA) is 145 Å². The highest BCUT2D eigenvalue weighted by Gasteiger charge is 2.10. The quantitative estimate of drug-likeness (QED) is 0.356. The van der Waals surface area contributed by atoms with E-state index in [4.69, 9.17) is 10.5 Å². The monoisotopic (exact) mass is 450 g/mol. The van der Waals surface area contributed by atoms with Crippen LogP contribution in [0.5, 0.6) is 11.6 Å². The fraction of sp³-hybridized carbons (Fsp3) is 0.0435. The number of nitrogen functional groups attached to an aromatic ring is 1. The van der Waals surface area contributed by atoms with E-state index in [1.54, 1.807) is 29.2 Å². The second-order valence-corrected chi connectivity index (χ2v) is 7.69. The Morgan fingerprint density at radius 2 is 1.94 bits per heavy atom. The number of hydrogen-bond acceptors (Lipinski definition) is 9. The summed E-state index contributed by atoms with van der Waals surface area (Å²) in [6, 6.07) is 15.2. The van der Waals surface area contributed by atoms with E-state index in [0.29, 0.717) is 28.9 Å². The minimum absolute atomic E-state index is 0.437. The third-order valence-electron chi connectivity index (χ3n) is 5.36. The van der Waals surface area contributed by atoms with Crippen molar-refractivity contribution in [1.82, 2.24) is 39.7 Å². The van der Waals surface area contributed by atoms with Gasteiger partial charge in [-0.2, -0.15) is 5.10 Å². The minimum atomic E-state index is 0.437. The Balaban J connectivity index is 1.28. The van der Waals surface area contributed by atoms with Crippen LogP contribution in [0.4, 0.5) is 17.3 Å². The number of aromatic nitrogens is 8. The number of nitrogens with zero attached hydrogens (tertiary/aromatic N) is 7. The highest BCUT2D eigenvalue weighted by molar-refractivity contribution is 5.93. The molecule has 166 valence electrons. The van der Waals surface area contributed by atoms with Crippen LogP contribution < -0.4 is 15.8 Å². The predicted octanol–water partition coefficient (Wildman–Crippen LogP) is 3.88. The van der Waals surface area contributed by atoms with Crippen molar-refractivity contribution in [2.75, 3.05) is 11.1 Å². The molecule has 4 heterocycles. The zero-order chi connectivity index (χ0) is 23.1. The summed E-state index contributed by atoms with van der Waals surface area (Å²) in [5.41, 5.74) is 10.8. The Kier molecular flexibility index (Phi) is 4.51. The molecule has 34 heavy (non-hydrogen) atoms. The van der Waals surface area contributed by atoms with Crippen LogP contribution in [0.1, 0.15) is 5.56 Å². The average molecular weight is 450 g/mol. The first-order valence-electron chi connectivity index (χ1n) is 10.4. The Hall–Kier alpha value is -5.06. The molecule has 0 unspecified atom stereocenters. The van der Waals surface area contributed by atoms with Crippen LogP contribution in [0.2, 0.25) is 0 Å². The third kappa shape index (κ3) is 3.60. The van der Waals surface area contributed by atoms with Crippen molar-refractivity contribution >= 4 is 33.9 Å². The van der Waals surface area contributed by atoms with Crippen molar-refractivity contribution in [2.45, 2.75) is 6.92 Å². The molecule has 0 fully saturated rings. The normalized spacial score (nSPS) is 11.2. The summed E-state index contributed by atoms with van der Waals surface area (Å²) in [6.07, 6.45) is 4.74. The number of rotatable bonds is 5. The van der Waals surface area contributed by atoms with E-state index in [1.165, 1.54) is 6.33 Å². The molecule has 0 saturated carbocycles. The van der Waals surface area contributed by atoms with E-state index >= 15 is 0 Å². The lowest BCUT2D eigenvalue weighted by Gasteiger charge is -2.12. The van der Waals surface area contributed by atoms with Crippen LogP contribution >= 0.6 is 0 Å². The van der Waals surface area contributed by atoms with E-state index in [1.807, 2.05) is 43.3 Å². The maximum atomic E-state index is 5.96. The van der Waals surface area contributed by atoms with Crippen LogP contribution in [0.25, 0.3) is 27.8 Å². The summed E-state index contributed by atoms with van der Waals surface area (Å²) in [7, 11) is 0. The standard InChI is InChI=1S/C23H18N10O/c1-13-6-15(3-5-19(13)34-22-9-21-32-28-12-33(21)11-27-22)29-23-16-7-14(18-8-20(24)31-30-18)2-4-17(16)25-10-26-23/h2-12H,1H3,(H3,24,30,31)(H,25,26,29). The Morgan fingerprint density at radius 3 is 2.79 bits per heavy atom. The number of nitrogens with two attached hydrogens (primary N) is 1. The molecule has 4 aromatic heterocycles. The van der Waals surface area contributed by atoms with Gasteiger partial charge < -0.3 is 15.8 Å². The molecule has 2 aromatic carbocycles. The first-order valence-corrected chi connectivity index (χ1v) is 10.4. The number of aryl methyl sites for hydroxylation is 1. The maximum absolute atomic E-state index is 5.96. The van der Waals surface area contributed by atoms with Gasteiger partial charge in [0.2, 0.25) is 5.88 Å². The molecule has 11 heteroatoms. The number of hydrogen-bond donors (Lipinski definition) is 3. The zero-order valence-electron chi connectivity index (χ0n) is 18.0. The fourth-order valence-corrected chi connectivity index (χ4v) is 3.67. The smallest absolute Gasteiger partial charge is 0.224 e. The maximum Gasteiger partial charge on any atom is 0.224 e. The molecule has 0 aliphatic carbocycles. The molecule has 11 nitrogen and oxygen atoms in total. The van der Waals surface area contributed by atoms with Crippen LogP contribution in [-0.4, -0.2) is 39.7 Å². The van der Waals surface area contributed by atoms with Gasteiger partial charge in [-0.1, -0.05) is 6.07 Å². The number of fused-ring (bicyclic) bond motifs is 2. The van der Waals surface area contributed by atoms with Gasteiger partial charge in [0.05, 0.1) is 11.2 Å². The zero-order valence-corrected chi connectivity index (χ0v) is 18.0. The summed E-state index contributed by atoms with van der Waals surface area (Å²) in [5.74, 6) is 2.25. The van der Waals surface area contributed by atoms with Crippen LogP contribution in [0, 0.1) is 6.92 Å². The lowest BCUT2D eigenvalue weighted by molar-refractivity contribution is 0.458. The van der Waals surface area contributed by atoms with Gasteiger partial charge in [0, 0.05) is 28.8 Å². The molecule has 0 spiro atoms. The van der Waals surface area contributed by atoms with Gasteiger partial charge in [-0.25, -0.2) is 15.0 Å². The van der Waals surface area contributed by atoms with Gasteiger partial charge in [-0.15, -0.1) is 10.2 Å². The van der Waals surface area contributed by atoms with Crippen LogP contribution in [-0.2, 0) is 0 Å². The molecular formula is C23H18N10O. The van der Waals surface area contributed by atoms with Gasteiger partial charge in [-0.05, 0) is 42.8 Å². The molecule has 0 atom stereocenters. The van der Waals surface area contributed by atoms with Crippen molar-refractivity contribution in [2.24, 2.45) is 0 Å². The summed E-state index contributed by atoms with van der Waals surface area (Å²) in [4.78, 5) is 13.1. The lowest BCUT2D eigenvalue weighted by atomic mass is 10.1. The number of nitrogens with one attached hydrogen (secondary N) is 2. The molecule has 0 saturated heterocycles. The number of benzene rings is 2. The largest absolute Gasteiger partial charge is 0.439 e. The van der Waals surface area contributed by atoms with Crippen molar-refractivity contribution < 1.29 is 4.74 Å². The number of ether oxygens (including phenoxy) is 1. The van der Waals surface area contributed by atoms with E-state index < -0.39 is 0 Å². The third-order valence-corrected chi connectivity index (χ3v) is 5.36. The van der Waals surface area contributed by atoms with Gasteiger partial charge in [0.25, 0.3) is 0 Å². The average Bonchev–Trinajstić information content (AvgIpc) is 3.49. The second-order valence-electron chi connectivity index (χ2n) is 7.69. The molecule has 6 aromatic rings. The highest BCUT2D eigenvalue weighted by Crippen LogP contribution is 2.31. The van der Waals surface area contributed by atoms with Crippen LogP contribution in [0.15, 0.2) is 67.5 Å². The Bertz CT molecular complexity index is 1650. The van der Waals surface area contributed by atoms with E-state index in [-0.39, 0.29) is 0 Å².